The van der Waals surface area contributed by atoms with Gasteiger partial charge >= 0.3 is 6.03 Å². The van der Waals surface area contributed by atoms with Gasteiger partial charge in [-0.25, -0.2) is 4.79 Å². The number of thioether (sulfide) groups is 1. The van der Waals surface area contributed by atoms with Crippen molar-refractivity contribution >= 4 is 34.3 Å². The Morgan fingerprint density at radius 2 is 2.00 bits per heavy atom. The Morgan fingerprint density at radius 3 is 2.83 bits per heavy atom. The fourth-order valence-electron chi connectivity index (χ4n) is 2.81. The third-order valence-electron chi connectivity index (χ3n) is 3.94. The van der Waals surface area contributed by atoms with E-state index in [4.69, 9.17) is 4.42 Å². The van der Waals surface area contributed by atoms with Crippen LogP contribution in [0.3, 0.4) is 0 Å². The van der Waals surface area contributed by atoms with Gasteiger partial charge in [-0.05, 0) is 35.0 Å². The summed E-state index contributed by atoms with van der Waals surface area (Å²) >= 11 is 1.72. The lowest BCUT2D eigenvalue weighted by atomic mass is 10.1. The molecule has 116 valence electrons. The maximum Gasteiger partial charge on any atom is 0.323 e. The normalized spacial score (nSPS) is 17.6. The van der Waals surface area contributed by atoms with Crippen LogP contribution in [0.15, 0.2) is 65.3 Å². The van der Waals surface area contributed by atoms with Gasteiger partial charge in [-0.2, -0.15) is 0 Å². The number of urea groups is 1. The molecule has 1 atom stereocenters. The average Bonchev–Trinajstić information content (AvgIpc) is 3.25. The van der Waals surface area contributed by atoms with Crippen LogP contribution in [0.4, 0.5) is 10.5 Å². The van der Waals surface area contributed by atoms with Crippen molar-refractivity contribution in [3.05, 3.63) is 66.6 Å². The number of nitrogens with zero attached hydrogens (tertiary/aromatic N) is 1. The minimum atomic E-state index is -0.0910. The van der Waals surface area contributed by atoms with Crippen LogP contribution in [0.2, 0.25) is 0 Å². The summed E-state index contributed by atoms with van der Waals surface area (Å²) < 4.78 is 5.46. The zero-order chi connectivity index (χ0) is 15.6. The molecule has 1 fully saturated rings. The van der Waals surface area contributed by atoms with Gasteiger partial charge in [-0.15, -0.1) is 11.8 Å². The molecule has 0 unspecified atom stereocenters. The molecule has 1 aromatic heterocycles. The van der Waals surface area contributed by atoms with E-state index < -0.39 is 0 Å². The number of nitrogens with one attached hydrogen (secondary N) is 1. The number of fused-ring (bicyclic) bond motifs is 1. The van der Waals surface area contributed by atoms with Crippen molar-refractivity contribution in [3.63, 3.8) is 0 Å². The van der Waals surface area contributed by atoms with Crippen molar-refractivity contribution in [2.75, 3.05) is 17.6 Å². The van der Waals surface area contributed by atoms with Crippen molar-refractivity contribution in [1.82, 2.24) is 4.90 Å². The quantitative estimate of drug-likeness (QED) is 0.742. The van der Waals surface area contributed by atoms with E-state index in [1.54, 1.807) is 18.0 Å². The maximum atomic E-state index is 12.6. The summed E-state index contributed by atoms with van der Waals surface area (Å²) in [6.45, 7) is 0.718. The van der Waals surface area contributed by atoms with Crippen LogP contribution in [-0.4, -0.2) is 23.2 Å². The van der Waals surface area contributed by atoms with Crippen molar-refractivity contribution in [3.8, 4) is 0 Å². The van der Waals surface area contributed by atoms with E-state index in [2.05, 4.69) is 11.4 Å². The first-order chi connectivity index (χ1) is 11.3. The molecule has 0 bridgehead atoms. The van der Waals surface area contributed by atoms with Crippen molar-refractivity contribution in [1.29, 1.82) is 0 Å². The van der Waals surface area contributed by atoms with E-state index in [0.29, 0.717) is 0 Å². The molecular formula is C18H16N2O2S. The van der Waals surface area contributed by atoms with Crippen LogP contribution >= 0.6 is 11.8 Å². The van der Waals surface area contributed by atoms with E-state index in [9.17, 15) is 4.79 Å². The number of benzene rings is 2. The predicted octanol–water partition coefficient (Wildman–Crippen LogP) is 4.71. The Morgan fingerprint density at radius 1 is 1.13 bits per heavy atom. The largest absolute Gasteiger partial charge is 0.466 e. The minimum Gasteiger partial charge on any atom is -0.466 e. The van der Waals surface area contributed by atoms with Crippen molar-refractivity contribution < 1.29 is 9.21 Å². The Bertz CT molecular complexity index is 832. The molecular weight excluding hydrogens is 308 g/mol. The number of carbonyl (C=O) groups is 1. The first kappa shape index (κ1) is 14.2. The number of carbonyl (C=O) groups excluding carboxylic acids is 1. The molecule has 0 radical (unpaired) electrons. The summed E-state index contributed by atoms with van der Waals surface area (Å²) in [6, 6.07) is 17.7. The molecule has 2 aromatic carbocycles. The molecule has 4 nitrogen and oxygen atoms in total. The standard InChI is InChI=1S/C18H16N2O2S/c21-18(20-9-11-23-17(20)16-6-3-10-22-16)19-15-8-7-13-4-1-2-5-14(13)12-15/h1-8,10,12,17H,9,11H2,(H,19,21)/t17-/m0/s1. The predicted molar refractivity (Wildman–Crippen MR) is 93.6 cm³/mol. The summed E-state index contributed by atoms with van der Waals surface area (Å²) in [5.74, 6) is 1.73. The lowest BCUT2D eigenvalue weighted by Crippen LogP contribution is -2.34. The van der Waals surface area contributed by atoms with Gasteiger partial charge in [0.25, 0.3) is 0 Å². The summed E-state index contributed by atoms with van der Waals surface area (Å²) in [5.41, 5.74) is 0.809. The molecule has 1 aliphatic heterocycles. The molecule has 2 heterocycles. The first-order valence-corrected chi connectivity index (χ1v) is 8.57. The van der Waals surface area contributed by atoms with E-state index in [-0.39, 0.29) is 11.4 Å². The molecule has 4 rings (SSSR count). The highest BCUT2D eigenvalue weighted by Gasteiger charge is 2.32. The van der Waals surface area contributed by atoms with Crippen molar-refractivity contribution in [2.24, 2.45) is 0 Å². The van der Waals surface area contributed by atoms with Gasteiger partial charge in [0.2, 0.25) is 0 Å². The van der Waals surface area contributed by atoms with Gasteiger partial charge in [0.15, 0.2) is 0 Å². The zero-order valence-corrected chi connectivity index (χ0v) is 13.3. The van der Waals surface area contributed by atoms with Crippen molar-refractivity contribution in [2.45, 2.75) is 5.37 Å². The van der Waals surface area contributed by atoms with Crippen LogP contribution in [-0.2, 0) is 0 Å². The molecule has 23 heavy (non-hydrogen) atoms. The van der Waals surface area contributed by atoms with E-state index in [1.807, 2.05) is 53.4 Å². The smallest absolute Gasteiger partial charge is 0.323 e. The zero-order valence-electron chi connectivity index (χ0n) is 12.4. The Balaban J connectivity index is 1.54. The number of amides is 2. The second-order valence-corrected chi connectivity index (χ2v) is 6.61. The molecule has 0 spiro atoms. The number of anilines is 1. The summed E-state index contributed by atoms with van der Waals surface area (Å²) in [5, 5.41) is 5.23. The van der Waals surface area contributed by atoms with E-state index >= 15 is 0 Å². The molecule has 2 amide bonds. The van der Waals surface area contributed by atoms with Gasteiger partial charge in [-0.1, -0.05) is 30.3 Å². The number of hydrogen-bond donors (Lipinski definition) is 1. The molecule has 1 N–H and O–H groups in total. The molecule has 1 saturated heterocycles. The molecule has 1 aliphatic rings. The Kier molecular flexibility index (Phi) is 3.71. The Labute approximate surface area is 138 Å². The van der Waals surface area contributed by atoms with Gasteiger partial charge in [0, 0.05) is 18.0 Å². The van der Waals surface area contributed by atoms with Crippen LogP contribution < -0.4 is 5.32 Å². The van der Waals surface area contributed by atoms with Gasteiger partial charge in [0.05, 0.1) is 6.26 Å². The third kappa shape index (κ3) is 2.80. The number of furan rings is 1. The maximum absolute atomic E-state index is 12.6. The molecule has 0 aliphatic carbocycles. The average molecular weight is 324 g/mol. The Hall–Kier alpha value is -2.40. The van der Waals surface area contributed by atoms with Gasteiger partial charge < -0.3 is 14.6 Å². The molecule has 0 saturated carbocycles. The van der Waals surface area contributed by atoms with E-state index in [1.165, 1.54) is 0 Å². The fourth-order valence-corrected chi connectivity index (χ4v) is 4.01. The fraction of sp³-hybridized carbons (Fsp3) is 0.167. The van der Waals surface area contributed by atoms with Crippen LogP contribution in [0.5, 0.6) is 0 Å². The highest BCUT2D eigenvalue weighted by molar-refractivity contribution is 7.99. The highest BCUT2D eigenvalue weighted by atomic mass is 32.2. The lowest BCUT2D eigenvalue weighted by Gasteiger charge is -2.22. The second kappa shape index (κ2) is 6.01. The first-order valence-electron chi connectivity index (χ1n) is 7.53. The number of hydrogen-bond acceptors (Lipinski definition) is 3. The molecule has 3 aromatic rings. The van der Waals surface area contributed by atoms with Gasteiger partial charge in [0.1, 0.15) is 11.1 Å². The monoisotopic (exact) mass is 324 g/mol. The lowest BCUT2D eigenvalue weighted by molar-refractivity contribution is 0.210. The SMILES string of the molecule is O=C(Nc1ccc2ccccc2c1)N1CCS[C@H]1c1ccco1. The highest BCUT2D eigenvalue weighted by Crippen LogP contribution is 2.38. The summed E-state index contributed by atoms with van der Waals surface area (Å²) in [7, 11) is 0. The summed E-state index contributed by atoms with van der Waals surface area (Å²) in [6.07, 6.45) is 1.65. The van der Waals surface area contributed by atoms with Crippen LogP contribution in [0, 0.1) is 0 Å². The second-order valence-electron chi connectivity index (χ2n) is 5.42. The minimum absolute atomic E-state index is 0.0505. The topological polar surface area (TPSA) is 45.5 Å². The van der Waals surface area contributed by atoms with Crippen LogP contribution in [0.25, 0.3) is 10.8 Å². The summed E-state index contributed by atoms with van der Waals surface area (Å²) in [4.78, 5) is 14.4. The number of rotatable bonds is 2. The van der Waals surface area contributed by atoms with E-state index in [0.717, 1.165) is 34.5 Å². The molecule has 5 heteroatoms. The third-order valence-corrected chi connectivity index (χ3v) is 5.16. The van der Waals surface area contributed by atoms with Crippen LogP contribution in [0.1, 0.15) is 11.1 Å². The van der Waals surface area contributed by atoms with Gasteiger partial charge in [-0.3, -0.25) is 0 Å².